The van der Waals surface area contributed by atoms with Crippen LogP contribution in [0.1, 0.15) is 22.3 Å². The highest BCUT2D eigenvalue weighted by molar-refractivity contribution is 5.37. The van der Waals surface area contributed by atoms with Crippen molar-refractivity contribution in [1.29, 1.82) is 0 Å². The maximum atomic E-state index is 9.95. The van der Waals surface area contributed by atoms with E-state index in [-0.39, 0.29) is 6.10 Å². The number of aliphatic hydroxyl groups excluding tert-OH is 1. The number of hydrogen-bond donors (Lipinski definition) is 1. The maximum absolute atomic E-state index is 9.95. The molecule has 1 rings (SSSR count). The third-order valence-corrected chi connectivity index (χ3v) is 2.86. The molecule has 0 fully saturated rings. The van der Waals surface area contributed by atoms with Crippen molar-refractivity contribution in [3.63, 3.8) is 0 Å². The van der Waals surface area contributed by atoms with Crippen molar-refractivity contribution in [2.75, 3.05) is 20.6 Å². The topological polar surface area (TPSA) is 23.5 Å². The summed E-state index contributed by atoms with van der Waals surface area (Å²) in [6, 6.07) is 4.37. The number of aliphatic hydroxyl groups is 1. The van der Waals surface area contributed by atoms with Gasteiger partial charge in [0.25, 0.3) is 0 Å². The SMILES string of the molecule is Cc1cc(C)c(CC(O)CN(C)C)c(C)c1. The highest BCUT2D eigenvalue weighted by Crippen LogP contribution is 2.18. The van der Waals surface area contributed by atoms with Crippen LogP contribution in [0, 0.1) is 20.8 Å². The Morgan fingerprint density at radius 2 is 1.62 bits per heavy atom. The monoisotopic (exact) mass is 221 g/mol. The van der Waals surface area contributed by atoms with E-state index in [1.807, 2.05) is 19.0 Å². The number of nitrogens with zero attached hydrogens (tertiary/aromatic N) is 1. The summed E-state index contributed by atoms with van der Waals surface area (Å²) in [4.78, 5) is 2.02. The maximum Gasteiger partial charge on any atom is 0.0707 e. The van der Waals surface area contributed by atoms with Crippen molar-refractivity contribution in [3.05, 3.63) is 34.4 Å². The minimum absolute atomic E-state index is 0.282. The van der Waals surface area contributed by atoms with E-state index in [4.69, 9.17) is 0 Å². The first kappa shape index (κ1) is 13.2. The summed E-state index contributed by atoms with van der Waals surface area (Å²) in [5.41, 5.74) is 5.16. The largest absolute Gasteiger partial charge is 0.391 e. The smallest absolute Gasteiger partial charge is 0.0707 e. The first-order valence-corrected chi connectivity index (χ1v) is 5.79. The molecule has 16 heavy (non-hydrogen) atoms. The quantitative estimate of drug-likeness (QED) is 0.841. The van der Waals surface area contributed by atoms with Gasteiger partial charge in [0.1, 0.15) is 0 Å². The third-order valence-electron chi connectivity index (χ3n) is 2.86. The lowest BCUT2D eigenvalue weighted by Crippen LogP contribution is -2.27. The average molecular weight is 221 g/mol. The summed E-state index contributed by atoms with van der Waals surface area (Å²) < 4.78 is 0. The molecule has 1 aromatic carbocycles. The molecule has 1 atom stereocenters. The molecule has 0 aromatic heterocycles. The second-order valence-electron chi connectivity index (χ2n) is 5.00. The van der Waals surface area contributed by atoms with Crippen LogP contribution in [-0.4, -0.2) is 36.8 Å². The van der Waals surface area contributed by atoms with Gasteiger partial charge in [0, 0.05) is 13.0 Å². The van der Waals surface area contributed by atoms with E-state index >= 15 is 0 Å². The van der Waals surface area contributed by atoms with Crippen LogP contribution in [0.25, 0.3) is 0 Å². The van der Waals surface area contributed by atoms with Crippen molar-refractivity contribution >= 4 is 0 Å². The summed E-state index contributed by atoms with van der Waals surface area (Å²) >= 11 is 0. The summed E-state index contributed by atoms with van der Waals surface area (Å²) in [6.45, 7) is 7.07. The Hall–Kier alpha value is -0.860. The van der Waals surface area contributed by atoms with Gasteiger partial charge in [-0.1, -0.05) is 17.7 Å². The molecule has 2 nitrogen and oxygen atoms in total. The fourth-order valence-electron chi connectivity index (χ4n) is 2.25. The third kappa shape index (κ3) is 3.62. The number of hydrogen-bond acceptors (Lipinski definition) is 2. The second-order valence-corrected chi connectivity index (χ2v) is 5.00. The van der Waals surface area contributed by atoms with E-state index in [0.717, 1.165) is 6.42 Å². The number of benzene rings is 1. The van der Waals surface area contributed by atoms with E-state index in [9.17, 15) is 5.11 Å². The number of aryl methyl sites for hydroxylation is 3. The van der Waals surface area contributed by atoms with Gasteiger partial charge in [0.15, 0.2) is 0 Å². The van der Waals surface area contributed by atoms with E-state index in [1.165, 1.54) is 22.3 Å². The normalized spacial score (nSPS) is 13.2. The zero-order valence-corrected chi connectivity index (χ0v) is 11.0. The second kappa shape index (κ2) is 5.46. The predicted octanol–water partition coefficient (Wildman–Crippen LogP) is 2.08. The van der Waals surface area contributed by atoms with Crippen molar-refractivity contribution in [2.45, 2.75) is 33.3 Å². The summed E-state index contributed by atoms with van der Waals surface area (Å²) in [6.07, 6.45) is 0.464. The van der Waals surface area contributed by atoms with Crippen molar-refractivity contribution < 1.29 is 5.11 Å². The Balaban J connectivity index is 2.81. The molecule has 2 heteroatoms. The molecule has 0 aliphatic carbocycles. The lowest BCUT2D eigenvalue weighted by molar-refractivity contribution is 0.136. The highest BCUT2D eigenvalue weighted by atomic mass is 16.3. The van der Waals surface area contributed by atoms with Crippen LogP contribution in [0.3, 0.4) is 0 Å². The molecule has 0 aliphatic heterocycles. The van der Waals surface area contributed by atoms with Crippen LogP contribution in [-0.2, 0) is 6.42 Å². The Morgan fingerprint density at radius 1 is 1.12 bits per heavy atom. The predicted molar refractivity (Wildman–Crippen MR) is 68.9 cm³/mol. The molecule has 1 N–H and O–H groups in total. The standard InChI is InChI=1S/C14H23NO/c1-10-6-11(2)14(12(3)7-10)8-13(16)9-15(4)5/h6-7,13,16H,8-9H2,1-5H3. The van der Waals surface area contributed by atoms with Crippen molar-refractivity contribution in [2.24, 2.45) is 0 Å². The Labute approximate surface area is 98.9 Å². The van der Waals surface area contributed by atoms with Gasteiger partial charge in [-0.15, -0.1) is 0 Å². The minimum Gasteiger partial charge on any atom is -0.391 e. The van der Waals surface area contributed by atoms with Gasteiger partial charge in [0.05, 0.1) is 6.10 Å². The van der Waals surface area contributed by atoms with E-state index in [2.05, 4.69) is 32.9 Å². The van der Waals surface area contributed by atoms with Crippen LogP contribution < -0.4 is 0 Å². The first-order chi connectivity index (χ1) is 7.40. The van der Waals surface area contributed by atoms with Crippen LogP contribution in [0.2, 0.25) is 0 Å². The van der Waals surface area contributed by atoms with Gasteiger partial charge < -0.3 is 10.0 Å². The molecule has 0 spiro atoms. The number of likely N-dealkylation sites (N-methyl/N-ethyl adjacent to an activating group) is 1. The van der Waals surface area contributed by atoms with Gasteiger partial charge in [-0.2, -0.15) is 0 Å². The molecule has 0 radical (unpaired) electrons. The minimum atomic E-state index is -0.282. The van der Waals surface area contributed by atoms with Crippen LogP contribution in [0.4, 0.5) is 0 Å². The Morgan fingerprint density at radius 3 is 2.06 bits per heavy atom. The molecule has 0 bridgehead atoms. The lowest BCUT2D eigenvalue weighted by atomic mass is 9.95. The van der Waals surface area contributed by atoms with Gasteiger partial charge in [0.2, 0.25) is 0 Å². The van der Waals surface area contributed by atoms with Crippen LogP contribution >= 0.6 is 0 Å². The Kier molecular flexibility index (Phi) is 4.51. The Bertz CT molecular complexity index is 335. The van der Waals surface area contributed by atoms with Crippen LogP contribution in [0.5, 0.6) is 0 Å². The molecule has 90 valence electrons. The molecule has 0 aliphatic rings. The van der Waals surface area contributed by atoms with Crippen molar-refractivity contribution in [3.8, 4) is 0 Å². The fourth-order valence-corrected chi connectivity index (χ4v) is 2.25. The van der Waals surface area contributed by atoms with Gasteiger partial charge in [-0.25, -0.2) is 0 Å². The summed E-state index contributed by atoms with van der Waals surface area (Å²) in [5.74, 6) is 0. The van der Waals surface area contributed by atoms with Crippen LogP contribution in [0.15, 0.2) is 12.1 Å². The molecule has 1 unspecified atom stereocenters. The molecule has 0 saturated carbocycles. The molecular weight excluding hydrogens is 198 g/mol. The molecule has 0 saturated heterocycles. The molecule has 0 amide bonds. The lowest BCUT2D eigenvalue weighted by Gasteiger charge is -2.18. The molecule has 0 heterocycles. The van der Waals surface area contributed by atoms with Crippen molar-refractivity contribution in [1.82, 2.24) is 4.90 Å². The zero-order chi connectivity index (χ0) is 12.3. The first-order valence-electron chi connectivity index (χ1n) is 5.79. The van der Waals surface area contributed by atoms with Gasteiger partial charge in [-0.3, -0.25) is 0 Å². The molecule has 1 aromatic rings. The fraction of sp³-hybridized carbons (Fsp3) is 0.571. The highest BCUT2D eigenvalue weighted by Gasteiger charge is 2.11. The van der Waals surface area contributed by atoms with E-state index < -0.39 is 0 Å². The summed E-state index contributed by atoms with van der Waals surface area (Å²) in [7, 11) is 3.97. The van der Waals surface area contributed by atoms with Gasteiger partial charge >= 0.3 is 0 Å². The average Bonchev–Trinajstić information content (AvgIpc) is 2.09. The number of rotatable bonds is 4. The van der Waals surface area contributed by atoms with E-state index in [0.29, 0.717) is 6.54 Å². The van der Waals surface area contributed by atoms with Gasteiger partial charge in [-0.05, 0) is 51.6 Å². The van der Waals surface area contributed by atoms with E-state index in [1.54, 1.807) is 0 Å². The summed E-state index contributed by atoms with van der Waals surface area (Å²) in [5, 5.41) is 9.95. The zero-order valence-electron chi connectivity index (χ0n) is 11.0. The molecular formula is C14H23NO.